The molecule has 0 atom stereocenters. The summed E-state index contributed by atoms with van der Waals surface area (Å²) in [4.78, 5) is 3.25. The van der Waals surface area contributed by atoms with Gasteiger partial charge in [0.05, 0.1) is 19.8 Å². The summed E-state index contributed by atoms with van der Waals surface area (Å²) in [7, 11) is 1.64. The molecule has 1 aliphatic carbocycles. The van der Waals surface area contributed by atoms with Gasteiger partial charge in [0.25, 0.3) is 5.70 Å². The average molecular weight is 236 g/mol. The molecule has 0 aliphatic heterocycles. The molecule has 0 heterocycles. The van der Waals surface area contributed by atoms with Gasteiger partial charge in [0.1, 0.15) is 5.75 Å². The summed E-state index contributed by atoms with van der Waals surface area (Å²) in [5.41, 5.74) is 3.34. The van der Waals surface area contributed by atoms with Crippen molar-refractivity contribution in [3.63, 3.8) is 0 Å². The van der Waals surface area contributed by atoms with Crippen LogP contribution < -0.4 is 4.74 Å². The van der Waals surface area contributed by atoms with Crippen LogP contribution >= 0.6 is 0 Å². The lowest BCUT2D eigenvalue weighted by Crippen LogP contribution is -1.84. The highest BCUT2D eigenvalue weighted by molar-refractivity contribution is 5.73. The minimum Gasteiger partial charge on any atom is -0.497 e. The van der Waals surface area contributed by atoms with Crippen LogP contribution in [0.3, 0.4) is 0 Å². The van der Waals surface area contributed by atoms with E-state index in [1.54, 1.807) is 7.11 Å². The van der Waals surface area contributed by atoms with E-state index in [2.05, 4.69) is 4.85 Å². The van der Waals surface area contributed by atoms with E-state index in [0.29, 0.717) is 0 Å². The Morgan fingerprint density at radius 2 is 2.06 bits per heavy atom. The minimum absolute atomic E-state index is 0.207. The second kappa shape index (κ2) is 5.21. The van der Waals surface area contributed by atoms with E-state index in [1.165, 1.54) is 5.57 Å². The van der Waals surface area contributed by atoms with Crippen molar-refractivity contribution in [1.29, 1.82) is 5.26 Å². The van der Waals surface area contributed by atoms with E-state index in [-0.39, 0.29) is 5.70 Å². The van der Waals surface area contributed by atoms with Crippen LogP contribution in [0.5, 0.6) is 5.75 Å². The number of rotatable bonds is 2. The second-order valence-corrected chi connectivity index (χ2v) is 4.00. The Morgan fingerprint density at radius 3 is 2.61 bits per heavy atom. The number of nitrogens with zero attached hydrogens (tertiary/aromatic N) is 2. The van der Waals surface area contributed by atoms with Crippen molar-refractivity contribution in [3.05, 3.63) is 58.6 Å². The molecule has 0 unspecified atom stereocenters. The van der Waals surface area contributed by atoms with Crippen molar-refractivity contribution in [2.75, 3.05) is 7.11 Å². The number of nitriles is 1. The maximum atomic E-state index is 8.84. The zero-order valence-electron chi connectivity index (χ0n) is 10.1. The molecule has 3 heteroatoms. The molecule has 1 aliphatic rings. The van der Waals surface area contributed by atoms with Gasteiger partial charge in [0, 0.05) is 0 Å². The summed E-state index contributed by atoms with van der Waals surface area (Å²) >= 11 is 0. The van der Waals surface area contributed by atoms with Crippen molar-refractivity contribution < 1.29 is 4.74 Å². The maximum absolute atomic E-state index is 8.84. The first-order chi connectivity index (χ1) is 8.78. The first kappa shape index (κ1) is 12.0. The lowest BCUT2D eigenvalue weighted by molar-refractivity contribution is 0.415. The smallest absolute Gasteiger partial charge is 0.265 e. The second-order valence-electron chi connectivity index (χ2n) is 4.00. The Balaban J connectivity index is 2.31. The monoisotopic (exact) mass is 236 g/mol. The number of benzene rings is 1. The number of allylic oxidation sites excluding steroid dienone is 4. The highest BCUT2D eigenvalue weighted by atomic mass is 16.5. The Hall–Kier alpha value is -2.52. The molecular formula is C15H12N2O. The first-order valence-corrected chi connectivity index (χ1v) is 5.64. The molecule has 2 rings (SSSR count). The van der Waals surface area contributed by atoms with E-state index in [4.69, 9.17) is 16.6 Å². The molecule has 88 valence electrons. The van der Waals surface area contributed by atoms with Gasteiger partial charge in [-0.25, -0.2) is 10.1 Å². The molecule has 0 saturated carbocycles. The van der Waals surface area contributed by atoms with Gasteiger partial charge in [0.15, 0.2) is 0 Å². The number of methoxy groups -OCH3 is 1. The predicted molar refractivity (Wildman–Crippen MR) is 69.4 cm³/mol. The lowest BCUT2D eigenvalue weighted by atomic mass is 10.1. The summed E-state index contributed by atoms with van der Waals surface area (Å²) in [5, 5.41) is 8.84. The molecule has 3 nitrogen and oxygen atoms in total. The van der Waals surface area contributed by atoms with Crippen molar-refractivity contribution >= 4 is 5.57 Å². The minimum atomic E-state index is 0.207. The highest BCUT2D eigenvalue weighted by Gasteiger charge is 2.14. The third kappa shape index (κ3) is 2.26. The summed E-state index contributed by atoms with van der Waals surface area (Å²) in [6.07, 6.45) is 3.60. The summed E-state index contributed by atoms with van der Waals surface area (Å²) in [6, 6.07) is 9.77. The molecule has 0 fully saturated rings. The van der Waals surface area contributed by atoms with Crippen LogP contribution in [-0.2, 0) is 0 Å². The summed E-state index contributed by atoms with van der Waals surface area (Å²) in [5.74, 6) is 0.826. The van der Waals surface area contributed by atoms with E-state index in [1.807, 2.05) is 36.4 Å². The summed E-state index contributed by atoms with van der Waals surface area (Å²) in [6.45, 7) is 6.95. The van der Waals surface area contributed by atoms with Crippen molar-refractivity contribution in [1.82, 2.24) is 0 Å². The van der Waals surface area contributed by atoms with Crippen LogP contribution in [0.4, 0.5) is 0 Å². The molecule has 0 amide bonds. The summed E-state index contributed by atoms with van der Waals surface area (Å²) < 4.78 is 5.11. The molecule has 0 spiro atoms. The predicted octanol–water partition coefficient (Wildman–Crippen LogP) is 3.57. The van der Waals surface area contributed by atoms with Gasteiger partial charge >= 0.3 is 0 Å². The molecule has 0 aromatic heterocycles. The van der Waals surface area contributed by atoms with Crippen molar-refractivity contribution in [3.8, 4) is 11.8 Å². The van der Waals surface area contributed by atoms with E-state index < -0.39 is 0 Å². The van der Waals surface area contributed by atoms with Crippen LogP contribution in [0.1, 0.15) is 18.4 Å². The molecule has 0 N–H and O–H groups in total. The van der Waals surface area contributed by atoms with E-state index in [0.717, 1.165) is 29.7 Å². The standard InChI is InChI=1S/C15H12N2O/c1-17-15(10-16)13-4-3-12(9-13)11-5-7-14(18-2)8-6-11/h5-9H,3-4H2,2H3/b15-13+. The number of hydrogen-bond acceptors (Lipinski definition) is 2. The fraction of sp³-hybridized carbons (Fsp3) is 0.200. The van der Waals surface area contributed by atoms with Gasteiger partial charge in [-0.05, 0) is 41.7 Å². The van der Waals surface area contributed by atoms with Gasteiger partial charge in [-0.1, -0.05) is 18.2 Å². The van der Waals surface area contributed by atoms with Gasteiger partial charge in [-0.15, -0.1) is 0 Å². The lowest BCUT2D eigenvalue weighted by Gasteiger charge is -2.03. The average Bonchev–Trinajstić information content (AvgIpc) is 2.90. The molecule has 18 heavy (non-hydrogen) atoms. The van der Waals surface area contributed by atoms with Crippen LogP contribution in [0.15, 0.2) is 41.6 Å². The van der Waals surface area contributed by atoms with Gasteiger partial charge in [0.2, 0.25) is 0 Å². The molecular weight excluding hydrogens is 224 g/mol. The van der Waals surface area contributed by atoms with Crippen LogP contribution in [0.25, 0.3) is 10.4 Å². The Kier molecular flexibility index (Phi) is 3.46. The molecule has 1 aromatic carbocycles. The quantitative estimate of drug-likeness (QED) is 0.581. The van der Waals surface area contributed by atoms with Gasteiger partial charge in [-0.3, -0.25) is 0 Å². The SMILES string of the molecule is [C-]#[N+]/C(C#N)=C1/C=C(c2ccc(OC)cc2)CC1. The molecule has 0 radical (unpaired) electrons. The normalized spacial score (nSPS) is 16.5. The maximum Gasteiger partial charge on any atom is 0.265 e. The zero-order chi connectivity index (χ0) is 13.0. The topological polar surface area (TPSA) is 37.4 Å². The fourth-order valence-corrected chi connectivity index (χ4v) is 2.01. The third-order valence-corrected chi connectivity index (χ3v) is 2.99. The molecule has 0 saturated heterocycles. The van der Waals surface area contributed by atoms with E-state index >= 15 is 0 Å². The van der Waals surface area contributed by atoms with Gasteiger partial charge < -0.3 is 4.74 Å². The molecule has 0 bridgehead atoms. The Labute approximate surface area is 106 Å². The van der Waals surface area contributed by atoms with E-state index in [9.17, 15) is 0 Å². The highest BCUT2D eigenvalue weighted by Crippen LogP contribution is 2.33. The zero-order valence-corrected chi connectivity index (χ0v) is 10.1. The van der Waals surface area contributed by atoms with Gasteiger partial charge in [-0.2, -0.15) is 0 Å². The van der Waals surface area contributed by atoms with Crippen molar-refractivity contribution in [2.24, 2.45) is 0 Å². The molecule has 1 aromatic rings. The number of hydrogen-bond donors (Lipinski definition) is 0. The first-order valence-electron chi connectivity index (χ1n) is 5.64. The van der Waals surface area contributed by atoms with Crippen LogP contribution in [-0.4, -0.2) is 7.11 Å². The third-order valence-electron chi connectivity index (χ3n) is 2.99. The van der Waals surface area contributed by atoms with Crippen molar-refractivity contribution in [2.45, 2.75) is 12.8 Å². The fourth-order valence-electron chi connectivity index (χ4n) is 2.01. The number of ether oxygens (including phenoxy) is 1. The van der Waals surface area contributed by atoms with Crippen LogP contribution in [0.2, 0.25) is 0 Å². The largest absolute Gasteiger partial charge is 0.497 e. The Bertz CT molecular complexity index is 579. The van der Waals surface area contributed by atoms with Crippen LogP contribution in [0, 0.1) is 17.9 Å². The Morgan fingerprint density at radius 1 is 1.33 bits per heavy atom.